The van der Waals surface area contributed by atoms with Crippen molar-refractivity contribution in [3.8, 4) is 0 Å². The zero-order chi connectivity index (χ0) is 12.6. The van der Waals surface area contributed by atoms with E-state index >= 15 is 0 Å². The van der Waals surface area contributed by atoms with Crippen LogP contribution in [-0.4, -0.2) is 62.7 Å². The van der Waals surface area contributed by atoms with Gasteiger partial charge in [0.1, 0.15) is 0 Å². The lowest BCUT2D eigenvalue weighted by atomic mass is 10.1. The Labute approximate surface area is 102 Å². The van der Waals surface area contributed by atoms with Crippen LogP contribution in [0.1, 0.15) is 33.6 Å². The minimum absolute atomic E-state index is 0.605. The Morgan fingerprint density at radius 3 is 2.12 bits per heavy atom. The lowest BCUT2D eigenvalue weighted by Crippen LogP contribution is -2.41. The van der Waals surface area contributed by atoms with Crippen molar-refractivity contribution in [3.63, 3.8) is 0 Å². The SMILES string of the molecule is CCCN(CCN(C)C)C(C)CC(C)NC. The average molecular weight is 229 g/mol. The summed E-state index contributed by atoms with van der Waals surface area (Å²) in [4.78, 5) is 4.87. The van der Waals surface area contributed by atoms with Crippen molar-refractivity contribution < 1.29 is 0 Å². The lowest BCUT2D eigenvalue weighted by Gasteiger charge is -2.31. The second-order valence-electron chi connectivity index (χ2n) is 5.11. The van der Waals surface area contributed by atoms with Crippen molar-refractivity contribution in [2.45, 2.75) is 45.7 Å². The van der Waals surface area contributed by atoms with Crippen LogP contribution in [0.3, 0.4) is 0 Å². The van der Waals surface area contributed by atoms with E-state index in [2.05, 4.69) is 50.0 Å². The first-order valence-electron chi connectivity index (χ1n) is 6.57. The first kappa shape index (κ1) is 15.9. The Morgan fingerprint density at radius 2 is 1.69 bits per heavy atom. The molecule has 16 heavy (non-hydrogen) atoms. The van der Waals surface area contributed by atoms with Crippen LogP contribution in [0.5, 0.6) is 0 Å². The fourth-order valence-electron chi connectivity index (χ4n) is 1.95. The molecule has 3 nitrogen and oxygen atoms in total. The molecule has 0 saturated heterocycles. The molecule has 0 aromatic heterocycles. The van der Waals surface area contributed by atoms with Gasteiger partial charge in [0.2, 0.25) is 0 Å². The highest BCUT2D eigenvalue weighted by atomic mass is 15.2. The first-order valence-corrected chi connectivity index (χ1v) is 6.57. The van der Waals surface area contributed by atoms with Crippen LogP contribution in [0.25, 0.3) is 0 Å². The molecule has 0 fully saturated rings. The van der Waals surface area contributed by atoms with Gasteiger partial charge in [-0.25, -0.2) is 0 Å². The number of rotatable bonds is 9. The summed E-state index contributed by atoms with van der Waals surface area (Å²) in [6.07, 6.45) is 2.47. The fraction of sp³-hybridized carbons (Fsp3) is 1.00. The van der Waals surface area contributed by atoms with Gasteiger partial charge in [0.25, 0.3) is 0 Å². The third kappa shape index (κ3) is 7.20. The van der Waals surface area contributed by atoms with Crippen LogP contribution in [0, 0.1) is 0 Å². The summed E-state index contributed by atoms with van der Waals surface area (Å²) in [6.45, 7) is 10.4. The van der Waals surface area contributed by atoms with E-state index in [-0.39, 0.29) is 0 Å². The number of likely N-dealkylation sites (N-methyl/N-ethyl adjacent to an activating group) is 1. The van der Waals surface area contributed by atoms with E-state index in [0.717, 1.165) is 6.54 Å². The van der Waals surface area contributed by atoms with E-state index in [1.54, 1.807) is 0 Å². The summed E-state index contributed by atoms with van der Waals surface area (Å²) < 4.78 is 0. The van der Waals surface area contributed by atoms with Crippen LogP contribution in [0.15, 0.2) is 0 Å². The highest BCUT2D eigenvalue weighted by molar-refractivity contribution is 4.72. The zero-order valence-electron chi connectivity index (χ0n) is 12.1. The van der Waals surface area contributed by atoms with Gasteiger partial charge < -0.3 is 10.2 Å². The Morgan fingerprint density at radius 1 is 1.06 bits per heavy atom. The second-order valence-corrected chi connectivity index (χ2v) is 5.11. The molecule has 0 bridgehead atoms. The standard InChI is InChI=1S/C13H31N3/c1-7-8-16(10-9-15(5)6)13(3)11-12(2)14-4/h12-14H,7-11H2,1-6H3. The molecule has 0 aliphatic rings. The Hall–Kier alpha value is -0.120. The normalized spacial score (nSPS) is 15.8. The van der Waals surface area contributed by atoms with Crippen LogP contribution < -0.4 is 5.32 Å². The van der Waals surface area contributed by atoms with Crippen molar-refractivity contribution in [1.29, 1.82) is 0 Å². The van der Waals surface area contributed by atoms with Crippen molar-refractivity contribution in [2.24, 2.45) is 0 Å². The molecule has 0 rings (SSSR count). The topological polar surface area (TPSA) is 18.5 Å². The van der Waals surface area contributed by atoms with Crippen LogP contribution in [0.2, 0.25) is 0 Å². The van der Waals surface area contributed by atoms with Gasteiger partial charge in [0.15, 0.2) is 0 Å². The van der Waals surface area contributed by atoms with Gasteiger partial charge in [-0.1, -0.05) is 6.92 Å². The predicted molar refractivity (Wildman–Crippen MR) is 73.0 cm³/mol. The Balaban J connectivity index is 4.06. The molecular formula is C13H31N3. The molecule has 0 saturated carbocycles. The monoisotopic (exact) mass is 229 g/mol. The van der Waals surface area contributed by atoms with Gasteiger partial charge in [0, 0.05) is 25.2 Å². The molecule has 1 N–H and O–H groups in total. The van der Waals surface area contributed by atoms with Gasteiger partial charge in [-0.05, 0) is 54.4 Å². The van der Waals surface area contributed by atoms with Gasteiger partial charge in [-0.15, -0.1) is 0 Å². The van der Waals surface area contributed by atoms with Crippen molar-refractivity contribution in [1.82, 2.24) is 15.1 Å². The summed E-state index contributed by atoms with van der Waals surface area (Å²) in [5.41, 5.74) is 0. The number of nitrogens with one attached hydrogen (secondary N) is 1. The van der Waals surface area contributed by atoms with E-state index in [1.165, 1.54) is 25.9 Å². The molecule has 0 spiro atoms. The smallest absolute Gasteiger partial charge is 0.0112 e. The first-order chi connectivity index (χ1) is 7.51. The average Bonchev–Trinajstić information content (AvgIpc) is 2.23. The highest BCUT2D eigenvalue weighted by Gasteiger charge is 2.15. The third-order valence-electron chi connectivity index (χ3n) is 3.16. The minimum Gasteiger partial charge on any atom is -0.317 e. The molecule has 0 radical (unpaired) electrons. The van der Waals surface area contributed by atoms with Crippen molar-refractivity contribution in [3.05, 3.63) is 0 Å². The van der Waals surface area contributed by atoms with Crippen LogP contribution in [-0.2, 0) is 0 Å². The van der Waals surface area contributed by atoms with Gasteiger partial charge in [-0.2, -0.15) is 0 Å². The summed E-state index contributed by atoms with van der Waals surface area (Å²) in [7, 11) is 6.33. The molecule has 2 atom stereocenters. The molecule has 98 valence electrons. The molecule has 0 amide bonds. The van der Waals surface area contributed by atoms with Crippen molar-refractivity contribution >= 4 is 0 Å². The summed E-state index contributed by atoms with van der Waals surface area (Å²) in [5.74, 6) is 0. The van der Waals surface area contributed by atoms with Crippen LogP contribution in [0.4, 0.5) is 0 Å². The molecule has 0 aromatic carbocycles. The van der Waals surface area contributed by atoms with Gasteiger partial charge in [0.05, 0.1) is 0 Å². The van der Waals surface area contributed by atoms with E-state index in [0.29, 0.717) is 12.1 Å². The van der Waals surface area contributed by atoms with E-state index < -0.39 is 0 Å². The molecule has 0 aliphatic heterocycles. The summed E-state index contributed by atoms with van der Waals surface area (Å²) in [6, 6.07) is 1.27. The maximum Gasteiger partial charge on any atom is 0.0112 e. The molecular weight excluding hydrogens is 198 g/mol. The Kier molecular flexibility index (Phi) is 8.90. The minimum atomic E-state index is 0.605. The molecule has 0 aliphatic carbocycles. The van der Waals surface area contributed by atoms with E-state index in [9.17, 15) is 0 Å². The molecule has 0 aromatic rings. The third-order valence-corrected chi connectivity index (χ3v) is 3.16. The molecule has 2 unspecified atom stereocenters. The quantitative estimate of drug-likeness (QED) is 0.648. The van der Waals surface area contributed by atoms with E-state index in [4.69, 9.17) is 0 Å². The molecule has 0 heterocycles. The summed E-state index contributed by atoms with van der Waals surface area (Å²) in [5, 5.41) is 3.32. The fourth-order valence-corrected chi connectivity index (χ4v) is 1.95. The molecule has 3 heteroatoms. The van der Waals surface area contributed by atoms with Gasteiger partial charge in [-0.3, -0.25) is 4.90 Å². The number of nitrogens with zero attached hydrogens (tertiary/aromatic N) is 2. The maximum atomic E-state index is 3.32. The second kappa shape index (κ2) is 8.97. The highest BCUT2D eigenvalue weighted by Crippen LogP contribution is 2.07. The number of hydrogen-bond donors (Lipinski definition) is 1. The van der Waals surface area contributed by atoms with Gasteiger partial charge >= 0.3 is 0 Å². The largest absolute Gasteiger partial charge is 0.317 e. The Bertz CT molecular complexity index is 159. The predicted octanol–water partition coefficient (Wildman–Crippen LogP) is 1.65. The van der Waals surface area contributed by atoms with E-state index in [1.807, 2.05) is 7.05 Å². The summed E-state index contributed by atoms with van der Waals surface area (Å²) >= 11 is 0. The maximum absolute atomic E-state index is 3.32. The number of hydrogen-bond acceptors (Lipinski definition) is 3. The zero-order valence-corrected chi connectivity index (χ0v) is 12.1. The van der Waals surface area contributed by atoms with Crippen LogP contribution >= 0.6 is 0 Å². The van der Waals surface area contributed by atoms with Crippen molar-refractivity contribution in [2.75, 3.05) is 40.8 Å². The lowest BCUT2D eigenvalue weighted by molar-refractivity contribution is 0.173.